The summed E-state index contributed by atoms with van der Waals surface area (Å²) < 4.78 is 5.86. The van der Waals surface area contributed by atoms with Crippen LogP contribution in [0.15, 0.2) is 54.6 Å². The Labute approximate surface area is 162 Å². The number of nitrogens with one attached hydrogen (secondary N) is 2. The number of amides is 4. The smallest absolute Gasteiger partial charge is 0.322 e. The van der Waals surface area contributed by atoms with E-state index in [-0.39, 0.29) is 30.9 Å². The number of anilines is 1. The first-order valence-corrected chi connectivity index (χ1v) is 9.07. The molecule has 8 nitrogen and oxygen atoms in total. The normalized spacial score (nSPS) is 18.9. The maximum atomic E-state index is 12.8. The van der Waals surface area contributed by atoms with Crippen molar-refractivity contribution in [3.63, 3.8) is 0 Å². The van der Waals surface area contributed by atoms with Crippen LogP contribution in [-0.2, 0) is 9.59 Å². The molecule has 1 atom stereocenters. The van der Waals surface area contributed by atoms with E-state index in [9.17, 15) is 14.4 Å². The highest BCUT2D eigenvalue weighted by atomic mass is 16.5. The Morgan fingerprint density at radius 1 is 1.04 bits per heavy atom. The Hall–Kier alpha value is -3.55. The zero-order valence-electron chi connectivity index (χ0n) is 15.1. The first kappa shape index (κ1) is 17.8. The first-order valence-electron chi connectivity index (χ1n) is 9.07. The number of fused-ring (bicyclic) bond motifs is 1. The molecule has 2 fully saturated rings. The third-order valence-electron chi connectivity index (χ3n) is 4.80. The molecule has 0 radical (unpaired) electrons. The van der Waals surface area contributed by atoms with Gasteiger partial charge in [0.2, 0.25) is 11.8 Å². The largest absolute Gasteiger partial charge is 0.455 e. The van der Waals surface area contributed by atoms with E-state index in [2.05, 4.69) is 10.6 Å². The van der Waals surface area contributed by atoms with Crippen LogP contribution in [0, 0.1) is 0 Å². The van der Waals surface area contributed by atoms with Crippen molar-refractivity contribution in [3.8, 4) is 11.5 Å². The summed E-state index contributed by atoms with van der Waals surface area (Å²) in [7, 11) is 0. The van der Waals surface area contributed by atoms with E-state index in [0.29, 0.717) is 30.3 Å². The highest BCUT2D eigenvalue weighted by Gasteiger charge is 2.39. The predicted octanol–water partition coefficient (Wildman–Crippen LogP) is 1.65. The number of benzene rings is 2. The molecule has 2 heterocycles. The summed E-state index contributed by atoms with van der Waals surface area (Å²) in [5, 5.41) is 5.42. The first-order chi connectivity index (χ1) is 13.6. The topological polar surface area (TPSA) is 91.0 Å². The van der Waals surface area contributed by atoms with Crippen LogP contribution in [0.2, 0.25) is 0 Å². The molecule has 4 rings (SSSR count). The van der Waals surface area contributed by atoms with Gasteiger partial charge in [-0.15, -0.1) is 0 Å². The second-order valence-electron chi connectivity index (χ2n) is 6.61. The average molecular weight is 380 g/mol. The molecule has 2 N–H and O–H groups in total. The fraction of sp³-hybridized carbons (Fsp3) is 0.250. The van der Waals surface area contributed by atoms with Crippen molar-refractivity contribution in [2.24, 2.45) is 0 Å². The van der Waals surface area contributed by atoms with Crippen molar-refractivity contribution in [2.75, 3.05) is 31.5 Å². The number of ether oxygens (including phenoxy) is 1. The van der Waals surface area contributed by atoms with Gasteiger partial charge in [-0.25, -0.2) is 4.79 Å². The van der Waals surface area contributed by atoms with Gasteiger partial charge >= 0.3 is 6.03 Å². The third kappa shape index (κ3) is 3.62. The van der Waals surface area contributed by atoms with Crippen LogP contribution >= 0.6 is 0 Å². The van der Waals surface area contributed by atoms with Crippen LogP contribution in [0.1, 0.15) is 0 Å². The van der Waals surface area contributed by atoms with Crippen LogP contribution in [-0.4, -0.2) is 59.9 Å². The van der Waals surface area contributed by atoms with Crippen LogP contribution in [0.4, 0.5) is 10.5 Å². The molecule has 2 saturated heterocycles. The number of urea groups is 1. The molecule has 2 aromatic carbocycles. The summed E-state index contributed by atoms with van der Waals surface area (Å²) >= 11 is 0. The lowest BCUT2D eigenvalue weighted by molar-refractivity contribution is -0.148. The molecular formula is C20H20N4O4. The molecule has 0 saturated carbocycles. The molecule has 8 heteroatoms. The molecule has 28 heavy (non-hydrogen) atoms. The molecule has 4 amide bonds. The monoisotopic (exact) mass is 380 g/mol. The zero-order valence-corrected chi connectivity index (χ0v) is 15.1. The van der Waals surface area contributed by atoms with Crippen LogP contribution in [0.3, 0.4) is 0 Å². The van der Waals surface area contributed by atoms with E-state index in [1.165, 1.54) is 4.90 Å². The molecule has 0 aliphatic carbocycles. The summed E-state index contributed by atoms with van der Waals surface area (Å²) in [4.78, 5) is 39.8. The summed E-state index contributed by atoms with van der Waals surface area (Å²) in [5.74, 6) is 0.831. The molecule has 0 bridgehead atoms. The number of hydrogen-bond acceptors (Lipinski definition) is 4. The molecule has 2 aromatic rings. The number of rotatable bonds is 3. The SMILES string of the molecule is O=C1NCC(=O)N2CCN(C(=O)Nc3ccccc3Oc3ccccc3)C[C@H]12. The highest BCUT2D eigenvalue weighted by Crippen LogP contribution is 2.29. The lowest BCUT2D eigenvalue weighted by Crippen LogP contribution is -2.66. The van der Waals surface area contributed by atoms with Crippen LogP contribution < -0.4 is 15.4 Å². The number of nitrogens with zero attached hydrogens (tertiary/aromatic N) is 2. The molecule has 2 aliphatic heterocycles. The minimum atomic E-state index is -0.642. The summed E-state index contributed by atoms with van der Waals surface area (Å²) in [5.41, 5.74) is 0.531. The number of para-hydroxylation sites is 3. The fourth-order valence-electron chi connectivity index (χ4n) is 3.34. The number of piperazine rings is 2. The number of hydrogen-bond donors (Lipinski definition) is 2. The van der Waals surface area contributed by atoms with Gasteiger partial charge in [0.1, 0.15) is 11.8 Å². The maximum Gasteiger partial charge on any atom is 0.322 e. The minimum absolute atomic E-state index is 0.0196. The number of carbonyl (C=O) groups excluding carboxylic acids is 3. The summed E-state index contributed by atoms with van der Waals surface area (Å²) in [6.07, 6.45) is 0. The Morgan fingerprint density at radius 2 is 1.79 bits per heavy atom. The van der Waals surface area contributed by atoms with Gasteiger partial charge in [0.25, 0.3) is 0 Å². The van der Waals surface area contributed by atoms with Gasteiger partial charge in [0, 0.05) is 13.1 Å². The van der Waals surface area contributed by atoms with Gasteiger partial charge in [0.15, 0.2) is 5.75 Å². The average Bonchev–Trinajstić information content (AvgIpc) is 2.73. The van der Waals surface area contributed by atoms with E-state index in [1.807, 2.05) is 36.4 Å². The lowest BCUT2D eigenvalue weighted by atomic mass is 10.1. The second kappa shape index (κ2) is 7.59. The van der Waals surface area contributed by atoms with E-state index < -0.39 is 6.04 Å². The quantitative estimate of drug-likeness (QED) is 0.847. The van der Waals surface area contributed by atoms with E-state index >= 15 is 0 Å². The van der Waals surface area contributed by atoms with Gasteiger partial charge in [-0.2, -0.15) is 0 Å². The van der Waals surface area contributed by atoms with Gasteiger partial charge in [0.05, 0.1) is 18.8 Å². The van der Waals surface area contributed by atoms with Crippen molar-refractivity contribution in [3.05, 3.63) is 54.6 Å². The van der Waals surface area contributed by atoms with Crippen molar-refractivity contribution >= 4 is 23.5 Å². The zero-order chi connectivity index (χ0) is 19.5. The molecular weight excluding hydrogens is 360 g/mol. The fourth-order valence-corrected chi connectivity index (χ4v) is 3.34. The van der Waals surface area contributed by atoms with E-state index in [4.69, 9.17) is 4.74 Å². The van der Waals surface area contributed by atoms with Gasteiger partial charge in [-0.1, -0.05) is 30.3 Å². The summed E-state index contributed by atoms with van der Waals surface area (Å²) in [6.45, 7) is 0.881. The summed E-state index contributed by atoms with van der Waals surface area (Å²) in [6, 6.07) is 15.5. The Bertz CT molecular complexity index is 902. The third-order valence-corrected chi connectivity index (χ3v) is 4.80. The Morgan fingerprint density at radius 3 is 2.61 bits per heavy atom. The molecule has 0 spiro atoms. The van der Waals surface area contributed by atoms with Gasteiger partial charge < -0.3 is 25.2 Å². The Balaban J connectivity index is 1.46. The van der Waals surface area contributed by atoms with Crippen molar-refractivity contribution < 1.29 is 19.1 Å². The van der Waals surface area contributed by atoms with Crippen molar-refractivity contribution in [1.29, 1.82) is 0 Å². The van der Waals surface area contributed by atoms with Gasteiger partial charge in [-0.3, -0.25) is 9.59 Å². The maximum absolute atomic E-state index is 12.8. The standard InChI is InChI=1S/C20H20N4O4/c25-18-12-21-19(26)16-13-23(10-11-24(16)18)20(27)22-15-8-4-5-9-17(15)28-14-6-2-1-3-7-14/h1-9,16H,10-13H2,(H,21,26)(H,22,27)/t16-/m1/s1. The molecule has 0 unspecified atom stereocenters. The van der Waals surface area contributed by atoms with Crippen molar-refractivity contribution in [1.82, 2.24) is 15.1 Å². The predicted molar refractivity (Wildman–Crippen MR) is 102 cm³/mol. The lowest BCUT2D eigenvalue weighted by Gasteiger charge is -2.42. The van der Waals surface area contributed by atoms with Crippen LogP contribution in [0.25, 0.3) is 0 Å². The Kier molecular flexibility index (Phi) is 4.84. The minimum Gasteiger partial charge on any atom is -0.455 e. The molecule has 2 aliphatic rings. The highest BCUT2D eigenvalue weighted by molar-refractivity contribution is 5.96. The van der Waals surface area contributed by atoms with E-state index in [0.717, 1.165) is 0 Å². The van der Waals surface area contributed by atoms with E-state index in [1.54, 1.807) is 23.1 Å². The molecule has 144 valence electrons. The number of carbonyl (C=O) groups is 3. The van der Waals surface area contributed by atoms with Crippen molar-refractivity contribution in [2.45, 2.75) is 6.04 Å². The van der Waals surface area contributed by atoms with Gasteiger partial charge in [-0.05, 0) is 24.3 Å². The second-order valence-corrected chi connectivity index (χ2v) is 6.61. The molecule has 0 aromatic heterocycles. The van der Waals surface area contributed by atoms with Crippen LogP contribution in [0.5, 0.6) is 11.5 Å².